The van der Waals surface area contributed by atoms with Crippen molar-refractivity contribution in [3.05, 3.63) is 0 Å². The van der Waals surface area contributed by atoms with E-state index in [-0.39, 0.29) is 13.1 Å². The van der Waals surface area contributed by atoms with Gasteiger partial charge in [-0.3, -0.25) is 9.69 Å². The molecule has 1 fully saturated rings. The lowest BCUT2D eigenvalue weighted by molar-refractivity contribution is -0.188. The number of hydrogen-bond donors (Lipinski definition) is 1. The molecule has 2 atom stereocenters. The van der Waals surface area contributed by atoms with Crippen LogP contribution >= 0.6 is 0 Å². The maximum atomic E-state index is 12.6. The highest BCUT2D eigenvalue weighted by molar-refractivity contribution is 5.71. The number of hydrogen-bond acceptors (Lipinski definition) is 2. The van der Waals surface area contributed by atoms with Gasteiger partial charge in [0.15, 0.2) is 0 Å². The van der Waals surface area contributed by atoms with Gasteiger partial charge in [0.1, 0.15) is 0 Å². The van der Waals surface area contributed by atoms with E-state index in [4.69, 9.17) is 5.11 Å². The Morgan fingerprint density at radius 2 is 1.75 bits per heavy atom. The Morgan fingerprint density at radius 3 is 2.00 bits per heavy atom. The topological polar surface area (TPSA) is 40.5 Å². The fraction of sp³-hybridized carbons (Fsp3) is 0.900. The van der Waals surface area contributed by atoms with Gasteiger partial charge < -0.3 is 5.11 Å². The highest BCUT2D eigenvalue weighted by Gasteiger charge is 2.53. The standard InChI is InChI=1S/C10H16F3NO2/c1-9(2,3)14-4-6(8(15)16)7(5-14)10(11,12)13/h6-7H,4-5H2,1-3H3,(H,15,16)/t6-,7+/m1/s1. The van der Waals surface area contributed by atoms with Crippen LogP contribution < -0.4 is 0 Å². The molecule has 0 aromatic carbocycles. The van der Waals surface area contributed by atoms with Gasteiger partial charge in [-0.1, -0.05) is 0 Å². The molecule has 1 heterocycles. The third kappa shape index (κ3) is 2.66. The molecule has 16 heavy (non-hydrogen) atoms. The molecule has 0 unspecified atom stereocenters. The Hall–Kier alpha value is -0.780. The summed E-state index contributed by atoms with van der Waals surface area (Å²) in [7, 11) is 0. The van der Waals surface area contributed by atoms with E-state index in [1.54, 1.807) is 25.7 Å². The molecule has 1 N–H and O–H groups in total. The van der Waals surface area contributed by atoms with Gasteiger partial charge in [-0.2, -0.15) is 13.2 Å². The second-order valence-electron chi connectivity index (χ2n) is 5.17. The van der Waals surface area contributed by atoms with Crippen LogP contribution in [0.5, 0.6) is 0 Å². The maximum absolute atomic E-state index is 12.6. The summed E-state index contributed by atoms with van der Waals surface area (Å²) in [5.74, 6) is -4.47. The van der Waals surface area contributed by atoms with Crippen molar-refractivity contribution in [3.8, 4) is 0 Å². The van der Waals surface area contributed by atoms with E-state index in [1.165, 1.54) is 0 Å². The van der Waals surface area contributed by atoms with E-state index >= 15 is 0 Å². The van der Waals surface area contributed by atoms with Crippen LogP contribution in [0.1, 0.15) is 20.8 Å². The van der Waals surface area contributed by atoms with Gasteiger partial charge in [-0.15, -0.1) is 0 Å². The van der Waals surface area contributed by atoms with Crippen molar-refractivity contribution in [1.29, 1.82) is 0 Å². The van der Waals surface area contributed by atoms with Gasteiger partial charge in [-0.25, -0.2) is 0 Å². The van der Waals surface area contributed by atoms with Gasteiger partial charge in [0, 0.05) is 18.6 Å². The first-order valence-corrected chi connectivity index (χ1v) is 5.08. The summed E-state index contributed by atoms with van der Waals surface area (Å²) in [6.07, 6.45) is -4.44. The number of carboxylic acid groups (broad SMARTS) is 1. The number of nitrogens with zero attached hydrogens (tertiary/aromatic N) is 1. The molecule has 1 rings (SSSR count). The number of alkyl halides is 3. The highest BCUT2D eigenvalue weighted by Crippen LogP contribution is 2.39. The monoisotopic (exact) mass is 239 g/mol. The Morgan fingerprint density at radius 1 is 1.25 bits per heavy atom. The molecule has 0 spiro atoms. The van der Waals surface area contributed by atoms with Crippen molar-refractivity contribution < 1.29 is 23.1 Å². The Labute approximate surface area is 92.2 Å². The zero-order valence-electron chi connectivity index (χ0n) is 9.51. The first kappa shape index (κ1) is 13.3. The summed E-state index contributed by atoms with van der Waals surface area (Å²) in [5.41, 5.74) is -0.437. The first-order valence-electron chi connectivity index (χ1n) is 5.08. The van der Waals surface area contributed by atoms with Crippen molar-refractivity contribution in [1.82, 2.24) is 4.90 Å². The summed E-state index contributed by atoms with van der Waals surface area (Å²) in [6.45, 7) is 5.08. The normalized spacial score (nSPS) is 28.4. The quantitative estimate of drug-likeness (QED) is 0.760. The van der Waals surface area contributed by atoms with Crippen molar-refractivity contribution in [3.63, 3.8) is 0 Å². The fourth-order valence-corrected chi connectivity index (χ4v) is 1.93. The van der Waals surface area contributed by atoms with Crippen LogP contribution in [0.4, 0.5) is 13.2 Å². The molecule has 94 valence electrons. The van der Waals surface area contributed by atoms with E-state index in [0.717, 1.165) is 0 Å². The third-order valence-electron chi connectivity index (χ3n) is 3.01. The van der Waals surface area contributed by atoms with Crippen LogP contribution in [0.15, 0.2) is 0 Å². The smallest absolute Gasteiger partial charge is 0.393 e. The van der Waals surface area contributed by atoms with Crippen molar-refractivity contribution in [2.75, 3.05) is 13.1 Å². The predicted octanol–water partition coefficient (Wildman–Crippen LogP) is 1.98. The minimum Gasteiger partial charge on any atom is -0.481 e. The van der Waals surface area contributed by atoms with E-state index in [1.807, 2.05) is 0 Å². The van der Waals surface area contributed by atoms with Crippen LogP contribution in [0.2, 0.25) is 0 Å². The van der Waals surface area contributed by atoms with Gasteiger partial charge in [0.25, 0.3) is 0 Å². The van der Waals surface area contributed by atoms with E-state index in [0.29, 0.717) is 0 Å². The van der Waals surface area contributed by atoms with Crippen LogP contribution in [0.3, 0.4) is 0 Å². The Kier molecular flexibility index (Phi) is 3.24. The van der Waals surface area contributed by atoms with Crippen LogP contribution in [0.25, 0.3) is 0 Å². The van der Waals surface area contributed by atoms with Gasteiger partial charge in [0.2, 0.25) is 0 Å². The average molecular weight is 239 g/mol. The Bertz CT molecular complexity index is 283. The minimum absolute atomic E-state index is 0.0387. The van der Waals surface area contributed by atoms with Crippen LogP contribution in [-0.4, -0.2) is 40.8 Å². The number of rotatable bonds is 1. The van der Waals surface area contributed by atoms with Crippen LogP contribution in [-0.2, 0) is 4.79 Å². The third-order valence-corrected chi connectivity index (χ3v) is 3.01. The second-order valence-corrected chi connectivity index (χ2v) is 5.17. The number of carboxylic acids is 1. The molecule has 3 nitrogen and oxygen atoms in total. The lowest BCUT2D eigenvalue weighted by atomic mass is 9.96. The molecule has 1 saturated heterocycles. The number of aliphatic carboxylic acids is 1. The number of halogens is 3. The zero-order valence-corrected chi connectivity index (χ0v) is 9.51. The molecule has 0 bridgehead atoms. The summed E-state index contributed by atoms with van der Waals surface area (Å²) >= 11 is 0. The number of likely N-dealkylation sites (tertiary alicyclic amines) is 1. The van der Waals surface area contributed by atoms with E-state index < -0.39 is 29.5 Å². The molecule has 0 amide bonds. The van der Waals surface area contributed by atoms with Gasteiger partial charge in [0.05, 0.1) is 11.8 Å². The lowest BCUT2D eigenvalue weighted by Gasteiger charge is -2.31. The number of carbonyl (C=O) groups is 1. The SMILES string of the molecule is CC(C)(C)N1C[C@@H](C(=O)O)[C@@H](C(F)(F)F)C1. The molecule has 0 aromatic rings. The van der Waals surface area contributed by atoms with Crippen molar-refractivity contribution in [2.24, 2.45) is 11.8 Å². The second kappa shape index (κ2) is 3.91. The molecule has 1 aliphatic rings. The molecular formula is C10H16F3NO2. The Balaban J connectivity index is 2.89. The maximum Gasteiger partial charge on any atom is 0.393 e. The van der Waals surface area contributed by atoms with E-state index in [2.05, 4.69) is 0 Å². The summed E-state index contributed by atoms with van der Waals surface area (Å²) in [4.78, 5) is 12.4. The van der Waals surface area contributed by atoms with E-state index in [9.17, 15) is 18.0 Å². The molecule has 6 heteroatoms. The highest BCUT2D eigenvalue weighted by atomic mass is 19.4. The predicted molar refractivity (Wildman–Crippen MR) is 52.0 cm³/mol. The minimum atomic E-state index is -4.44. The lowest BCUT2D eigenvalue weighted by Crippen LogP contribution is -2.40. The average Bonchev–Trinajstić information content (AvgIpc) is 2.44. The summed E-state index contributed by atoms with van der Waals surface area (Å²) < 4.78 is 37.9. The molecule has 0 radical (unpaired) electrons. The fourth-order valence-electron chi connectivity index (χ4n) is 1.93. The van der Waals surface area contributed by atoms with Crippen molar-refractivity contribution in [2.45, 2.75) is 32.5 Å². The zero-order chi connectivity index (χ0) is 12.7. The van der Waals surface area contributed by atoms with Crippen molar-refractivity contribution >= 4 is 5.97 Å². The first-order chi connectivity index (χ1) is 7.03. The molecule has 0 aliphatic carbocycles. The molecule has 0 saturated carbocycles. The summed E-state index contributed by atoms with van der Waals surface area (Å²) in [6, 6.07) is 0. The van der Waals surface area contributed by atoms with Crippen LogP contribution in [0, 0.1) is 11.8 Å². The largest absolute Gasteiger partial charge is 0.481 e. The van der Waals surface area contributed by atoms with Gasteiger partial charge in [-0.05, 0) is 20.8 Å². The molecule has 0 aromatic heterocycles. The molecule has 1 aliphatic heterocycles. The van der Waals surface area contributed by atoms with Gasteiger partial charge >= 0.3 is 12.1 Å². The molecular weight excluding hydrogens is 223 g/mol. The summed E-state index contributed by atoms with van der Waals surface area (Å²) in [5, 5.41) is 8.80.